The van der Waals surface area contributed by atoms with Crippen molar-refractivity contribution in [3.63, 3.8) is 0 Å². The maximum Gasteiger partial charge on any atom is 0.186 e. The number of aliphatic hydroxyl groups is 4. The highest BCUT2D eigenvalue weighted by Gasteiger charge is 2.49. The lowest BCUT2D eigenvalue weighted by Gasteiger charge is -2.47. The fourth-order valence-electron chi connectivity index (χ4n) is 4.36. The molecule has 1 aliphatic carbocycles. The Kier molecular flexibility index (Phi) is 8.59. The van der Waals surface area contributed by atoms with Gasteiger partial charge in [0.25, 0.3) is 0 Å². The molecule has 2 heterocycles. The van der Waals surface area contributed by atoms with Crippen LogP contribution in [0.15, 0.2) is 0 Å². The molecule has 0 aromatic carbocycles. The Balaban J connectivity index is 1.69. The van der Waals surface area contributed by atoms with Crippen LogP contribution in [0.2, 0.25) is 0 Å². The van der Waals surface area contributed by atoms with Gasteiger partial charge < -0.3 is 68.0 Å². The molecule has 8 unspecified atom stereocenters. The van der Waals surface area contributed by atoms with Gasteiger partial charge in [0.1, 0.15) is 36.6 Å². The molecule has 14 N–H and O–H groups in total. The van der Waals surface area contributed by atoms with Gasteiger partial charge in [0, 0.05) is 18.6 Å². The molecular weight excluding hydrogens is 414 g/mol. The van der Waals surface area contributed by atoms with Crippen molar-refractivity contribution in [2.24, 2.45) is 28.7 Å². The minimum absolute atomic E-state index is 0.204. The summed E-state index contributed by atoms with van der Waals surface area (Å²) in [5, 5.41) is 40.7. The van der Waals surface area contributed by atoms with Crippen LogP contribution in [0.1, 0.15) is 19.3 Å². The fourth-order valence-corrected chi connectivity index (χ4v) is 4.36. The Morgan fingerprint density at radius 2 is 1.39 bits per heavy atom. The molecule has 0 spiro atoms. The second-order valence-electron chi connectivity index (χ2n) is 8.64. The van der Waals surface area contributed by atoms with Gasteiger partial charge in [-0.2, -0.15) is 0 Å². The monoisotopic (exact) mass is 451 g/mol. The van der Waals surface area contributed by atoms with Gasteiger partial charge in [0.2, 0.25) is 0 Å². The molecule has 3 aliphatic rings. The Morgan fingerprint density at radius 3 is 1.97 bits per heavy atom. The largest absolute Gasteiger partial charge is 0.394 e. The average Bonchev–Trinajstić information content (AvgIpc) is 2.75. The zero-order valence-electron chi connectivity index (χ0n) is 17.3. The minimum Gasteiger partial charge on any atom is -0.394 e. The van der Waals surface area contributed by atoms with E-state index < -0.39 is 80.0 Å². The molecule has 31 heavy (non-hydrogen) atoms. The lowest BCUT2D eigenvalue weighted by Crippen LogP contribution is -2.68. The number of ether oxygens (including phenoxy) is 4. The summed E-state index contributed by atoms with van der Waals surface area (Å²) in [4.78, 5) is 0. The lowest BCUT2D eigenvalue weighted by molar-refractivity contribution is -0.313. The van der Waals surface area contributed by atoms with Crippen LogP contribution in [0.25, 0.3) is 0 Å². The zero-order chi connectivity index (χ0) is 22.9. The first-order chi connectivity index (χ1) is 14.7. The number of hydrogen-bond acceptors (Lipinski definition) is 13. The van der Waals surface area contributed by atoms with Gasteiger partial charge in [-0.3, -0.25) is 0 Å². The average molecular weight is 452 g/mol. The van der Waals surface area contributed by atoms with Gasteiger partial charge in [-0.25, -0.2) is 0 Å². The Labute approximate surface area is 180 Å². The molecule has 13 atom stereocenters. The second-order valence-corrected chi connectivity index (χ2v) is 8.64. The van der Waals surface area contributed by atoms with Crippen LogP contribution >= 0.6 is 0 Å². The van der Waals surface area contributed by atoms with Crippen LogP contribution in [-0.4, -0.2) is 113 Å². The molecule has 1 saturated carbocycles. The van der Waals surface area contributed by atoms with E-state index in [1.165, 1.54) is 0 Å². The van der Waals surface area contributed by atoms with E-state index in [1.807, 2.05) is 0 Å². The van der Waals surface area contributed by atoms with E-state index in [1.54, 1.807) is 0 Å². The van der Waals surface area contributed by atoms with Gasteiger partial charge in [0.15, 0.2) is 12.6 Å². The Bertz CT molecular complexity index is 577. The van der Waals surface area contributed by atoms with E-state index in [0.29, 0.717) is 19.4 Å². The summed E-state index contributed by atoms with van der Waals surface area (Å²) < 4.78 is 23.0. The first-order valence-electron chi connectivity index (χ1n) is 10.7. The van der Waals surface area contributed by atoms with Crippen molar-refractivity contribution in [2.75, 3.05) is 13.2 Å². The van der Waals surface area contributed by atoms with Gasteiger partial charge in [-0.1, -0.05) is 0 Å². The van der Waals surface area contributed by atoms with Crippen LogP contribution < -0.4 is 28.7 Å². The third-order valence-electron chi connectivity index (χ3n) is 6.34. The normalized spacial score (nSPS) is 51.6. The second kappa shape index (κ2) is 10.6. The van der Waals surface area contributed by atoms with Crippen molar-refractivity contribution in [3.8, 4) is 0 Å². The van der Waals surface area contributed by atoms with Gasteiger partial charge in [0.05, 0.1) is 24.8 Å². The maximum absolute atomic E-state index is 11.0. The van der Waals surface area contributed by atoms with Crippen molar-refractivity contribution in [3.05, 3.63) is 0 Å². The third kappa shape index (κ3) is 5.35. The van der Waals surface area contributed by atoms with Crippen molar-refractivity contribution >= 4 is 0 Å². The molecule has 0 radical (unpaired) electrons. The van der Waals surface area contributed by atoms with Gasteiger partial charge in [-0.05, 0) is 19.3 Å². The van der Waals surface area contributed by atoms with Crippen molar-refractivity contribution < 1.29 is 39.4 Å². The van der Waals surface area contributed by atoms with E-state index in [2.05, 4.69) is 0 Å². The highest BCUT2D eigenvalue weighted by molar-refractivity contribution is 5.00. The first-order valence-corrected chi connectivity index (χ1v) is 10.7. The summed E-state index contributed by atoms with van der Waals surface area (Å²) in [5.41, 5.74) is 30.0. The van der Waals surface area contributed by atoms with Crippen LogP contribution in [0.5, 0.6) is 0 Å². The van der Waals surface area contributed by atoms with Crippen molar-refractivity contribution in [2.45, 2.75) is 98.7 Å². The van der Waals surface area contributed by atoms with E-state index in [0.717, 1.165) is 0 Å². The van der Waals surface area contributed by atoms with Crippen LogP contribution in [0.4, 0.5) is 0 Å². The first kappa shape index (κ1) is 25.1. The van der Waals surface area contributed by atoms with Crippen LogP contribution in [0.3, 0.4) is 0 Å². The standard InChI is InChI=1S/C18H37N5O8/c19-4-6-1-2-7(20)17(28-6)30-15-8(21)3-9(22)16(14(15)27)31-18-13(26)11(23)12(25)10(5-24)29-18/h6-18,24-27H,1-5,19-23H2/t6?,7?,8-,9+,10?,11?,12?,13?,14?,15+,16-,17?,18-/m1/s1. The van der Waals surface area contributed by atoms with E-state index in [9.17, 15) is 20.4 Å². The smallest absolute Gasteiger partial charge is 0.186 e. The molecule has 3 fully saturated rings. The lowest BCUT2D eigenvalue weighted by atomic mass is 9.84. The van der Waals surface area contributed by atoms with Gasteiger partial charge in [-0.15, -0.1) is 0 Å². The predicted molar refractivity (Wildman–Crippen MR) is 107 cm³/mol. The number of aliphatic hydroxyl groups excluding tert-OH is 4. The molecule has 3 rings (SSSR count). The predicted octanol–water partition coefficient (Wildman–Crippen LogP) is -5.27. The zero-order valence-corrected chi connectivity index (χ0v) is 17.3. The molecular formula is C18H37N5O8. The molecule has 0 bridgehead atoms. The summed E-state index contributed by atoms with van der Waals surface area (Å²) in [6.45, 7) is -0.214. The molecule has 2 aliphatic heterocycles. The molecule has 13 nitrogen and oxygen atoms in total. The van der Waals surface area contributed by atoms with Crippen LogP contribution in [-0.2, 0) is 18.9 Å². The topological polar surface area (TPSA) is 248 Å². The fraction of sp³-hybridized carbons (Fsp3) is 1.00. The summed E-state index contributed by atoms with van der Waals surface area (Å²) in [6.07, 6.45) is -7.72. The Morgan fingerprint density at radius 1 is 0.774 bits per heavy atom. The highest BCUT2D eigenvalue weighted by Crippen LogP contribution is 2.30. The summed E-state index contributed by atoms with van der Waals surface area (Å²) >= 11 is 0. The quantitative estimate of drug-likeness (QED) is 0.183. The number of nitrogens with two attached hydrogens (primary N) is 5. The summed E-state index contributed by atoms with van der Waals surface area (Å²) in [5.74, 6) is 0. The molecule has 182 valence electrons. The third-order valence-corrected chi connectivity index (χ3v) is 6.34. The van der Waals surface area contributed by atoms with E-state index in [-0.39, 0.29) is 12.5 Å². The number of rotatable bonds is 6. The van der Waals surface area contributed by atoms with E-state index in [4.69, 9.17) is 47.6 Å². The number of hydrogen-bond donors (Lipinski definition) is 9. The van der Waals surface area contributed by atoms with Crippen molar-refractivity contribution in [1.29, 1.82) is 0 Å². The minimum atomic E-state index is -1.41. The van der Waals surface area contributed by atoms with Gasteiger partial charge >= 0.3 is 0 Å². The molecule has 0 aromatic rings. The molecule has 0 amide bonds. The summed E-state index contributed by atoms with van der Waals surface area (Å²) in [6, 6.07) is -2.85. The van der Waals surface area contributed by atoms with Crippen LogP contribution in [0, 0.1) is 0 Å². The summed E-state index contributed by atoms with van der Waals surface area (Å²) in [7, 11) is 0. The molecule has 0 aromatic heterocycles. The van der Waals surface area contributed by atoms with Crippen molar-refractivity contribution in [1.82, 2.24) is 0 Å². The molecule has 13 heteroatoms. The van der Waals surface area contributed by atoms with E-state index >= 15 is 0 Å². The highest BCUT2D eigenvalue weighted by atomic mass is 16.7. The SMILES string of the molecule is NCC1CCC(N)C(O[C@@H]2C(O)[C@H](O[C@H]3OC(CO)C(O)C(N)C3O)[C@@H](N)C[C@H]2N)O1. The maximum atomic E-state index is 11.0. The molecule has 2 saturated heterocycles. The Hall–Kier alpha value is -0.520.